The normalized spacial score (nSPS) is 10.1. The Bertz CT molecular complexity index is 275. The summed E-state index contributed by atoms with van der Waals surface area (Å²) in [4.78, 5) is -0.148. The van der Waals surface area contributed by atoms with E-state index >= 15 is 0 Å². The van der Waals surface area contributed by atoms with E-state index in [1.165, 1.54) is 0 Å². The van der Waals surface area contributed by atoms with Crippen LogP contribution in [0.15, 0.2) is 17.0 Å². The van der Waals surface area contributed by atoms with Gasteiger partial charge in [-0.05, 0) is 18.4 Å². The zero-order valence-electron chi connectivity index (χ0n) is 5.77. The highest BCUT2D eigenvalue weighted by Crippen LogP contribution is 2.28. The van der Waals surface area contributed by atoms with Crippen LogP contribution < -0.4 is 0 Å². The lowest BCUT2D eigenvalue weighted by Gasteiger charge is -2.01. The van der Waals surface area contributed by atoms with Crippen molar-refractivity contribution in [2.24, 2.45) is 0 Å². The van der Waals surface area contributed by atoms with Gasteiger partial charge >= 0.3 is 0 Å². The topological polar surface area (TPSA) is 20.2 Å². The maximum absolute atomic E-state index is 12.8. The molecule has 0 spiro atoms. The molecule has 0 aliphatic carbocycles. The fourth-order valence-corrected chi connectivity index (χ4v) is 1.26. The van der Waals surface area contributed by atoms with Crippen LogP contribution in [0.25, 0.3) is 0 Å². The van der Waals surface area contributed by atoms with E-state index in [1.54, 1.807) is 6.26 Å². The highest BCUT2D eigenvalue weighted by atomic mass is 32.2. The number of phenolic OH excluding ortho intramolecular Hbond substituents is 1. The number of hydrogen-bond donors (Lipinski definition) is 1. The van der Waals surface area contributed by atoms with Crippen molar-refractivity contribution >= 4 is 11.8 Å². The van der Waals surface area contributed by atoms with E-state index in [0.717, 1.165) is 23.9 Å². The Hall–Kier alpha value is -0.770. The Labute approximate surface area is 67.0 Å². The quantitative estimate of drug-likeness (QED) is 0.663. The summed E-state index contributed by atoms with van der Waals surface area (Å²) < 4.78 is 25.4. The third kappa shape index (κ3) is 1.45. The van der Waals surface area contributed by atoms with Crippen molar-refractivity contribution in [2.45, 2.75) is 4.90 Å². The van der Waals surface area contributed by atoms with Crippen LogP contribution in [0.4, 0.5) is 8.78 Å². The molecule has 1 nitrogen and oxygen atoms in total. The Morgan fingerprint density at radius 2 is 2.00 bits per heavy atom. The molecule has 0 radical (unpaired) electrons. The van der Waals surface area contributed by atoms with E-state index in [2.05, 4.69) is 0 Å². The van der Waals surface area contributed by atoms with Gasteiger partial charge in [-0.1, -0.05) is 0 Å². The van der Waals surface area contributed by atoms with Crippen molar-refractivity contribution < 1.29 is 13.9 Å². The minimum absolute atomic E-state index is 0.148. The second-order valence-electron chi connectivity index (χ2n) is 1.91. The van der Waals surface area contributed by atoms with Gasteiger partial charge < -0.3 is 5.11 Å². The van der Waals surface area contributed by atoms with Crippen LogP contribution in [-0.4, -0.2) is 11.4 Å². The van der Waals surface area contributed by atoms with Crippen LogP contribution in [0.3, 0.4) is 0 Å². The molecule has 1 rings (SSSR count). The molecule has 0 bridgehead atoms. The zero-order valence-corrected chi connectivity index (χ0v) is 6.58. The molecule has 0 atom stereocenters. The molecule has 0 saturated carbocycles. The maximum Gasteiger partial charge on any atom is 0.181 e. The van der Waals surface area contributed by atoms with Gasteiger partial charge in [0.1, 0.15) is 5.82 Å². The number of rotatable bonds is 1. The van der Waals surface area contributed by atoms with E-state index in [9.17, 15) is 8.78 Å². The molecule has 0 fully saturated rings. The van der Waals surface area contributed by atoms with Crippen molar-refractivity contribution in [1.29, 1.82) is 0 Å². The number of hydrogen-bond acceptors (Lipinski definition) is 2. The molecule has 0 aliphatic rings. The SMILES string of the molecule is CSc1c(F)ccc(O)c1F. The average molecular weight is 176 g/mol. The lowest BCUT2D eigenvalue weighted by Crippen LogP contribution is -1.86. The predicted octanol–water partition coefficient (Wildman–Crippen LogP) is 2.39. The second-order valence-corrected chi connectivity index (χ2v) is 2.73. The van der Waals surface area contributed by atoms with Gasteiger partial charge in [0, 0.05) is 0 Å². The van der Waals surface area contributed by atoms with Gasteiger partial charge in [0.15, 0.2) is 11.6 Å². The molecule has 1 N–H and O–H groups in total. The molecule has 0 amide bonds. The molecule has 4 heteroatoms. The molecule has 0 aromatic heterocycles. The van der Waals surface area contributed by atoms with Gasteiger partial charge in [0.05, 0.1) is 4.90 Å². The standard InChI is InChI=1S/C7H6F2OS/c1-11-7-4(8)2-3-5(10)6(7)9/h2-3,10H,1H3. The van der Waals surface area contributed by atoms with Crippen molar-refractivity contribution in [3.63, 3.8) is 0 Å². The predicted molar refractivity (Wildman–Crippen MR) is 39.8 cm³/mol. The van der Waals surface area contributed by atoms with Crippen LogP contribution in [0, 0.1) is 11.6 Å². The number of aromatic hydroxyl groups is 1. The third-order valence-corrected chi connectivity index (χ3v) is 2.02. The van der Waals surface area contributed by atoms with Gasteiger partial charge in [-0.15, -0.1) is 11.8 Å². The molecule has 0 heterocycles. The first-order valence-electron chi connectivity index (χ1n) is 2.87. The van der Waals surface area contributed by atoms with Gasteiger partial charge in [-0.2, -0.15) is 0 Å². The molecule has 1 aromatic rings. The maximum atomic E-state index is 12.8. The number of benzene rings is 1. The summed E-state index contributed by atoms with van der Waals surface area (Å²) in [5, 5.41) is 8.80. The molecule has 0 saturated heterocycles. The van der Waals surface area contributed by atoms with E-state index in [-0.39, 0.29) is 4.90 Å². The first-order chi connectivity index (χ1) is 5.16. The third-order valence-electron chi connectivity index (χ3n) is 1.23. The van der Waals surface area contributed by atoms with Crippen LogP contribution in [0.1, 0.15) is 0 Å². The largest absolute Gasteiger partial charge is 0.505 e. The fourth-order valence-electron chi connectivity index (χ4n) is 0.709. The number of phenols is 1. The Morgan fingerprint density at radius 3 is 2.45 bits per heavy atom. The minimum atomic E-state index is -0.891. The number of thioether (sulfide) groups is 1. The van der Waals surface area contributed by atoms with Crippen molar-refractivity contribution in [3.05, 3.63) is 23.8 Å². The van der Waals surface area contributed by atoms with Crippen LogP contribution in [0.2, 0.25) is 0 Å². The number of halogens is 2. The molecular formula is C7H6F2OS. The first kappa shape index (κ1) is 8.33. The minimum Gasteiger partial charge on any atom is -0.505 e. The van der Waals surface area contributed by atoms with Gasteiger partial charge in [-0.3, -0.25) is 0 Å². The van der Waals surface area contributed by atoms with Gasteiger partial charge in [-0.25, -0.2) is 8.78 Å². The Balaban J connectivity index is 3.29. The molecular weight excluding hydrogens is 170 g/mol. The highest BCUT2D eigenvalue weighted by Gasteiger charge is 2.10. The summed E-state index contributed by atoms with van der Waals surface area (Å²) in [6, 6.07) is 2.02. The molecule has 1 aromatic carbocycles. The Morgan fingerprint density at radius 1 is 1.36 bits per heavy atom. The summed E-state index contributed by atoms with van der Waals surface area (Å²) in [6.45, 7) is 0. The van der Waals surface area contributed by atoms with E-state index in [0.29, 0.717) is 0 Å². The lowest BCUT2D eigenvalue weighted by molar-refractivity contribution is 0.416. The van der Waals surface area contributed by atoms with Crippen molar-refractivity contribution in [2.75, 3.05) is 6.26 Å². The van der Waals surface area contributed by atoms with Crippen molar-refractivity contribution in [3.8, 4) is 5.75 Å². The summed E-state index contributed by atoms with van der Waals surface area (Å²) in [5.74, 6) is -2.05. The zero-order chi connectivity index (χ0) is 8.43. The molecule has 0 aliphatic heterocycles. The van der Waals surface area contributed by atoms with E-state index in [1.807, 2.05) is 0 Å². The second kappa shape index (κ2) is 3.09. The van der Waals surface area contributed by atoms with E-state index < -0.39 is 17.4 Å². The van der Waals surface area contributed by atoms with Crippen LogP contribution in [-0.2, 0) is 0 Å². The summed E-state index contributed by atoms with van der Waals surface area (Å²) in [5.41, 5.74) is 0. The average Bonchev–Trinajstić information content (AvgIpc) is 1.99. The summed E-state index contributed by atoms with van der Waals surface area (Å²) >= 11 is 0.926. The Kier molecular flexibility index (Phi) is 2.34. The highest BCUT2D eigenvalue weighted by molar-refractivity contribution is 7.98. The van der Waals surface area contributed by atoms with Crippen LogP contribution >= 0.6 is 11.8 Å². The molecule has 0 unspecified atom stereocenters. The van der Waals surface area contributed by atoms with Gasteiger partial charge in [0.2, 0.25) is 0 Å². The smallest absolute Gasteiger partial charge is 0.181 e. The summed E-state index contributed by atoms with van der Waals surface area (Å²) in [7, 11) is 0. The van der Waals surface area contributed by atoms with E-state index in [4.69, 9.17) is 5.11 Å². The lowest BCUT2D eigenvalue weighted by atomic mass is 10.3. The van der Waals surface area contributed by atoms with Gasteiger partial charge in [0.25, 0.3) is 0 Å². The summed E-state index contributed by atoms with van der Waals surface area (Å²) in [6.07, 6.45) is 1.54. The molecule has 11 heavy (non-hydrogen) atoms. The first-order valence-corrected chi connectivity index (χ1v) is 4.10. The molecule has 60 valence electrons. The monoisotopic (exact) mass is 176 g/mol. The van der Waals surface area contributed by atoms with Crippen LogP contribution in [0.5, 0.6) is 5.75 Å². The fraction of sp³-hybridized carbons (Fsp3) is 0.143. The van der Waals surface area contributed by atoms with Crippen molar-refractivity contribution in [1.82, 2.24) is 0 Å².